The van der Waals surface area contributed by atoms with Crippen LogP contribution in [0, 0.1) is 21.4 Å². The van der Waals surface area contributed by atoms with E-state index < -0.39 is 34.1 Å². The number of phenols is 1. The van der Waals surface area contributed by atoms with Gasteiger partial charge in [0.05, 0.1) is 4.92 Å². The van der Waals surface area contributed by atoms with Crippen LogP contribution in [0.1, 0.15) is 26.3 Å². The van der Waals surface area contributed by atoms with E-state index in [2.05, 4.69) is 5.32 Å². The predicted molar refractivity (Wildman–Crippen MR) is 96.0 cm³/mol. The van der Waals surface area contributed by atoms with E-state index in [-0.39, 0.29) is 17.7 Å². The first-order valence-corrected chi connectivity index (χ1v) is 8.17. The van der Waals surface area contributed by atoms with Crippen molar-refractivity contribution in [2.45, 2.75) is 20.8 Å². The molecule has 2 amide bonds. The number of nitrogens with zero attached hydrogens (tertiary/aromatic N) is 3. The summed E-state index contributed by atoms with van der Waals surface area (Å²) in [5.74, 6) is -1.84. The van der Waals surface area contributed by atoms with Crippen molar-refractivity contribution in [3.8, 4) is 17.6 Å². The van der Waals surface area contributed by atoms with Crippen LogP contribution in [0.2, 0.25) is 0 Å². The third kappa shape index (κ3) is 5.43. The molecule has 0 bridgehead atoms. The number of likely N-dealkylation sites (N-methyl/N-ethyl adjacent to an activating group) is 1. The van der Waals surface area contributed by atoms with Crippen LogP contribution in [-0.2, 0) is 4.79 Å². The number of nitrogens with one attached hydrogen (secondary N) is 1. The molecule has 0 aromatic heterocycles. The highest BCUT2D eigenvalue weighted by atomic mass is 16.6. The molecule has 2 N–H and O–H groups in total. The maximum absolute atomic E-state index is 12.3. The summed E-state index contributed by atoms with van der Waals surface area (Å²) >= 11 is 0. The van der Waals surface area contributed by atoms with E-state index in [9.17, 15) is 30.1 Å². The number of carbonyl (C=O) groups is 2. The van der Waals surface area contributed by atoms with E-state index in [4.69, 9.17) is 4.74 Å². The minimum Gasteiger partial charge on any atom is -0.499 e. The fourth-order valence-corrected chi connectivity index (χ4v) is 2.18. The van der Waals surface area contributed by atoms with Crippen LogP contribution in [0.3, 0.4) is 0 Å². The summed E-state index contributed by atoms with van der Waals surface area (Å²) in [6.45, 7) is 6.16. The molecule has 0 saturated heterocycles. The minimum atomic E-state index is -0.914. The van der Waals surface area contributed by atoms with Gasteiger partial charge in [-0.25, -0.2) is 4.79 Å². The van der Waals surface area contributed by atoms with E-state index in [0.717, 1.165) is 18.2 Å². The second-order valence-electron chi connectivity index (χ2n) is 5.21. The van der Waals surface area contributed by atoms with Gasteiger partial charge in [0.2, 0.25) is 5.75 Å². The highest BCUT2D eigenvalue weighted by molar-refractivity contribution is 6.01. The number of rotatable bonds is 7. The number of benzene rings is 1. The van der Waals surface area contributed by atoms with Crippen molar-refractivity contribution in [1.29, 1.82) is 5.26 Å². The first-order valence-electron chi connectivity index (χ1n) is 8.17. The zero-order valence-electron chi connectivity index (χ0n) is 15.2. The molecule has 0 aliphatic heterocycles. The molecule has 144 valence electrons. The molecule has 0 heterocycles. The van der Waals surface area contributed by atoms with Crippen LogP contribution >= 0.6 is 0 Å². The lowest BCUT2D eigenvalue weighted by Gasteiger charge is -2.17. The Balaban J connectivity index is 3.43. The zero-order chi connectivity index (χ0) is 20.6. The van der Waals surface area contributed by atoms with Gasteiger partial charge in [-0.15, -0.1) is 0 Å². The second-order valence-corrected chi connectivity index (χ2v) is 5.21. The summed E-state index contributed by atoms with van der Waals surface area (Å²) in [6, 6.07) is 3.87. The number of carbonyl (C=O) groups excluding carboxylic acids is 2. The molecule has 0 radical (unpaired) electrons. The topological polar surface area (TPSA) is 146 Å². The standard InChI is InChI=1S/C17H20N4O6/c1-4-19-17(24)27-14-9-11(8-13(15(14)22)21(25)26)7-12(10-18)16(23)20(5-2)6-3/h7-9,22H,4-6H2,1-3H3,(H,19,24)/b12-7+. The van der Waals surface area contributed by atoms with E-state index in [1.165, 1.54) is 4.90 Å². The van der Waals surface area contributed by atoms with Crippen molar-refractivity contribution < 1.29 is 24.4 Å². The van der Waals surface area contributed by atoms with Crippen LogP contribution < -0.4 is 10.1 Å². The monoisotopic (exact) mass is 376 g/mol. The largest absolute Gasteiger partial charge is 0.499 e. The molecule has 1 aromatic rings. The molecule has 0 atom stereocenters. The first-order chi connectivity index (χ1) is 12.8. The Bertz CT molecular complexity index is 808. The number of hydrogen-bond acceptors (Lipinski definition) is 7. The van der Waals surface area contributed by atoms with E-state index in [1.54, 1.807) is 26.8 Å². The maximum atomic E-state index is 12.3. The average Bonchev–Trinajstić information content (AvgIpc) is 2.62. The van der Waals surface area contributed by atoms with Gasteiger partial charge in [0, 0.05) is 25.7 Å². The number of nitro benzene ring substituents is 1. The number of amides is 2. The summed E-state index contributed by atoms with van der Waals surface area (Å²) in [4.78, 5) is 35.6. The average molecular weight is 376 g/mol. The third-order valence-corrected chi connectivity index (χ3v) is 3.51. The summed E-state index contributed by atoms with van der Waals surface area (Å²) in [7, 11) is 0. The summed E-state index contributed by atoms with van der Waals surface area (Å²) in [5.41, 5.74) is -0.922. The van der Waals surface area contributed by atoms with Crippen LogP contribution in [0.5, 0.6) is 11.5 Å². The molecular formula is C17H20N4O6. The number of phenolic OH excluding ortho intramolecular Hbond substituents is 1. The maximum Gasteiger partial charge on any atom is 0.412 e. The third-order valence-electron chi connectivity index (χ3n) is 3.51. The number of nitriles is 1. The minimum absolute atomic E-state index is 0.0517. The Hall–Kier alpha value is -3.61. The molecule has 0 aliphatic carbocycles. The number of nitro groups is 1. The molecule has 0 fully saturated rings. The SMILES string of the molecule is CCNC(=O)Oc1cc(/C=C(\C#N)C(=O)N(CC)CC)cc([N+](=O)[O-])c1O. The van der Waals surface area contributed by atoms with Crippen LogP contribution in [0.15, 0.2) is 17.7 Å². The van der Waals surface area contributed by atoms with Crippen molar-refractivity contribution in [1.82, 2.24) is 10.2 Å². The quantitative estimate of drug-likeness (QED) is 0.321. The molecule has 0 spiro atoms. The molecule has 1 rings (SSSR count). The van der Waals surface area contributed by atoms with Crippen molar-refractivity contribution >= 4 is 23.8 Å². The molecule has 0 aliphatic rings. The number of ether oxygens (including phenoxy) is 1. The van der Waals surface area contributed by atoms with Crippen molar-refractivity contribution in [3.63, 3.8) is 0 Å². The molecule has 10 nitrogen and oxygen atoms in total. The highest BCUT2D eigenvalue weighted by Gasteiger charge is 2.23. The van der Waals surface area contributed by atoms with Gasteiger partial charge in [-0.3, -0.25) is 14.9 Å². The molecule has 1 aromatic carbocycles. The second kappa shape index (κ2) is 9.76. The fourth-order valence-electron chi connectivity index (χ4n) is 2.18. The van der Waals surface area contributed by atoms with Gasteiger partial charge in [-0.05, 0) is 38.5 Å². The Morgan fingerprint density at radius 3 is 2.48 bits per heavy atom. The Labute approximate surface area is 155 Å². The molecule has 10 heteroatoms. The van der Waals surface area contributed by atoms with E-state index >= 15 is 0 Å². The lowest BCUT2D eigenvalue weighted by atomic mass is 10.1. The normalized spacial score (nSPS) is 10.7. The van der Waals surface area contributed by atoms with E-state index in [1.807, 2.05) is 0 Å². The summed E-state index contributed by atoms with van der Waals surface area (Å²) in [6.07, 6.45) is 0.223. The number of hydrogen-bond donors (Lipinski definition) is 2. The Morgan fingerprint density at radius 2 is 2.00 bits per heavy atom. The summed E-state index contributed by atoms with van der Waals surface area (Å²) in [5, 5.41) is 32.7. The molecular weight excluding hydrogens is 356 g/mol. The smallest absolute Gasteiger partial charge is 0.412 e. The Kier molecular flexibility index (Phi) is 7.75. The Morgan fingerprint density at radius 1 is 1.37 bits per heavy atom. The number of aromatic hydroxyl groups is 1. The first kappa shape index (κ1) is 21.4. The van der Waals surface area contributed by atoms with Crippen LogP contribution in [-0.4, -0.2) is 46.6 Å². The molecule has 27 heavy (non-hydrogen) atoms. The predicted octanol–water partition coefficient (Wildman–Crippen LogP) is 2.18. The van der Waals surface area contributed by atoms with Gasteiger partial charge in [-0.2, -0.15) is 5.26 Å². The highest BCUT2D eigenvalue weighted by Crippen LogP contribution is 2.37. The van der Waals surface area contributed by atoms with Gasteiger partial charge in [-0.1, -0.05) is 0 Å². The van der Waals surface area contributed by atoms with Crippen molar-refractivity contribution in [2.24, 2.45) is 0 Å². The van der Waals surface area contributed by atoms with Crippen molar-refractivity contribution in [2.75, 3.05) is 19.6 Å². The van der Waals surface area contributed by atoms with Gasteiger partial charge in [0.1, 0.15) is 11.6 Å². The zero-order valence-corrected chi connectivity index (χ0v) is 15.2. The van der Waals surface area contributed by atoms with Gasteiger partial charge >= 0.3 is 11.8 Å². The van der Waals surface area contributed by atoms with Crippen molar-refractivity contribution in [3.05, 3.63) is 33.4 Å². The molecule has 0 saturated carbocycles. The van der Waals surface area contributed by atoms with Gasteiger partial charge in [0.25, 0.3) is 5.91 Å². The molecule has 0 unspecified atom stereocenters. The summed E-state index contributed by atoms with van der Waals surface area (Å²) < 4.78 is 4.87. The fraction of sp³-hybridized carbons (Fsp3) is 0.353. The van der Waals surface area contributed by atoms with E-state index in [0.29, 0.717) is 13.1 Å². The lowest BCUT2D eigenvalue weighted by molar-refractivity contribution is -0.385. The van der Waals surface area contributed by atoms with Gasteiger partial charge in [0.15, 0.2) is 5.75 Å². The van der Waals surface area contributed by atoms with Gasteiger partial charge < -0.3 is 20.1 Å². The van der Waals surface area contributed by atoms with Crippen LogP contribution in [0.25, 0.3) is 6.08 Å². The lowest BCUT2D eigenvalue weighted by Crippen LogP contribution is -2.31. The van der Waals surface area contributed by atoms with Crippen LogP contribution in [0.4, 0.5) is 10.5 Å².